The number of alkyl halides is 5. The molecule has 0 amide bonds. The van der Waals surface area contributed by atoms with Crippen LogP contribution < -0.4 is 9.47 Å². The summed E-state index contributed by atoms with van der Waals surface area (Å²) in [4.78, 5) is 3.49. The Morgan fingerprint density at radius 2 is 1.88 bits per heavy atom. The summed E-state index contributed by atoms with van der Waals surface area (Å²) < 4.78 is 69.6. The van der Waals surface area contributed by atoms with Gasteiger partial charge in [-0.3, -0.25) is 4.98 Å². The van der Waals surface area contributed by atoms with E-state index in [4.69, 9.17) is 0 Å². The van der Waals surface area contributed by atoms with Crippen LogP contribution in [0.25, 0.3) is 0 Å². The van der Waals surface area contributed by atoms with E-state index in [9.17, 15) is 22.0 Å². The van der Waals surface area contributed by atoms with Crippen molar-refractivity contribution in [3.05, 3.63) is 17.5 Å². The highest BCUT2D eigenvalue weighted by atomic mass is 19.4. The summed E-state index contributed by atoms with van der Waals surface area (Å²) in [5.41, 5.74) is -1.25. The Hall–Kier alpha value is -1.60. The Labute approximate surface area is 93.2 Å². The fourth-order valence-electron chi connectivity index (χ4n) is 1.20. The fraction of sp³-hybridized carbons (Fsp3) is 0.444. The van der Waals surface area contributed by atoms with Gasteiger partial charge in [0.05, 0.1) is 19.0 Å². The highest BCUT2D eigenvalue weighted by molar-refractivity contribution is 5.46. The number of hydrogen-bond donors (Lipinski definition) is 0. The molecule has 1 rings (SSSR count). The first-order chi connectivity index (χ1) is 7.76. The van der Waals surface area contributed by atoms with Gasteiger partial charge in [-0.05, 0) is 6.92 Å². The number of ether oxygens (including phenoxy) is 2. The van der Waals surface area contributed by atoms with E-state index >= 15 is 0 Å². The second kappa shape index (κ2) is 4.72. The Balaban J connectivity index is 3.34. The number of pyridine rings is 1. The molecule has 1 heterocycles. The quantitative estimate of drug-likeness (QED) is 0.779. The van der Waals surface area contributed by atoms with Gasteiger partial charge < -0.3 is 9.47 Å². The van der Waals surface area contributed by atoms with Gasteiger partial charge in [-0.1, -0.05) is 0 Å². The molecule has 96 valence electrons. The minimum atomic E-state index is -5.07. The van der Waals surface area contributed by atoms with Gasteiger partial charge in [-0.25, -0.2) is 8.78 Å². The zero-order valence-corrected chi connectivity index (χ0v) is 8.81. The van der Waals surface area contributed by atoms with Crippen LogP contribution in [0.1, 0.15) is 17.7 Å². The zero-order chi connectivity index (χ0) is 13.2. The number of hydrogen-bond acceptors (Lipinski definition) is 3. The molecule has 0 aromatic carbocycles. The molecule has 0 bridgehead atoms. The molecule has 0 aliphatic heterocycles. The van der Waals surface area contributed by atoms with E-state index in [1.165, 1.54) is 0 Å². The molecule has 0 aliphatic rings. The van der Waals surface area contributed by atoms with Crippen LogP contribution in [-0.4, -0.2) is 18.5 Å². The van der Waals surface area contributed by atoms with E-state index in [0.29, 0.717) is 0 Å². The van der Waals surface area contributed by atoms with Crippen LogP contribution in [0.2, 0.25) is 0 Å². The maximum absolute atomic E-state index is 12.7. The number of methoxy groups -OCH3 is 1. The van der Waals surface area contributed by atoms with Crippen LogP contribution >= 0.6 is 0 Å². The van der Waals surface area contributed by atoms with Gasteiger partial charge in [0.25, 0.3) is 6.43 Å². The van der Waals surface area contributed by atoms with E-state index in [-0.39, 0.29) is 5.69 Å². The predicted octanol–water partition coefficient (Wildman–Crippen LogP) is 3.23. The van der Waals surface area contributed by atoms with Crippen LogP contribution in [0.5, 0.6) is 11.5 Å². The molecule has 0 aliphatic carbocycles. The molecule has 0 N–H and O–H groups in total. The number of rotatable bonds is 3. The second-order valence-corrected chi connectivity index (χ2v) is 3.00. The van der Waals surface area contributed by atoms with Crippen molar-refractivity contribution in [1.29, 1.82) is 0 Å². The number of halogens is 5. The molecule has 0 saturated heterocycles. The predicted molar refractivity (Wildman–Crippen MR) is 47.2 cm³/mol. The third-order valence-electron chi connectivity index (χ3n) is 1.87. The Morgan fingerprint density at radius 1 is 1.29 bits per heavy atom. The topological polar surface area (TPSA) is 31.4 Å². The first kappa shape index (κ1) is 13.5. The molecule has 0 fully saturated rings. The van der Waals surface area contributed by atoms with Gasteiger partial charge in [0.15, 0.2) is 5.75 Å². The Kier molecular flexibility index (Phi) is 3.74. The van der Waals surface area contributed by atoms with Crippen LogP contribution in [0, 0.1) is 6.92 Å². The molecule has 8 heteroatoms. The first-order valence-corrected chi connectivity index (χ1v) is 4.33. The van der Waals surface area contributed by atoms with Crippen molar-refractivity contribution in [2.75, 3.05) is 7.11 Å². The van der Waals surface area contributed by atoms with Crippen LogP contribution in [0.3, 0.4) is 0 Å². The number of aromatic nitrogens is 1. The molecule has 1 aromatic rings. The van der Waals surface area contributed by atoms with Crippen LogP contribution in [0.15, 0.2) is 6.20 Å². The lowest BCUT2D eigenvalue weighted by Crippen LogP contribution is -2.19. The number of aryl methyl sites for hydroxylation is 1. The molecule has 17 heavy (non-hydrogen) atoms. The van der Waals surface area contributed by atoms with Crippen molar-refractivity contribution in [3.8, 4) is 11.5 Å². The molecule has 0 atom stereocenters. The van der Waals surface area contributed by atoms with Crippen molar-refractivity contribution in [1.82, 2.24) is 4.98 Å². The average molecular weight is 257 g/mol. The van der Waals surface area contributed by atoms with Crippen molar-refractivity contribution in [2.45, 2.75) is 19.7 Å². The summed E-state index contributed by atoms with van der Waals surface area (Å²) >= 11 is 0. The van der Waals surface area contributed by atoms with Gasteiger partial charge in [-0.15, -0.1) is 13.2 Å². The summed E-state index contributed by atoms with van der Waals surface area (Å²) in [5, 5.41) is 0. The van der Waals surface area contributed by atoms with Crippen molar-refractivity contribution in [2.24, 2.45) is 0 Å². The van der Waals surface area contributed by atoms with Gasteiger partial charge in [-0.2, -0.15) is 0 Å². The van der Waals surface area contributed by atoms with E-state index < -0.39 is 29.9 Å². The van der Waals surface area contributed by atoms with Gasteiger partial charge >= 0.3 is 6.36 Å². The summed E-state index contributed by atoms with van der Waals surface area (Å²) in [6.45, 7) is 1.13. The maximum atomic E-state index is 12.7. The number of nitrogens with zero attached hydrogens (tertiary/aromatic N) is 1. The summed E-state index contributed by atoms with van der Waals surface area (Å²) in [6, 6.07) is 0. The van der Waals surface area contributed by atoms with E-state index in [0.717, 1.165) is 20.2 Å². The highest BCUT2D eigenvalue weighted by Gasteiger charge is 2.35. The van der Waals surface area contributed by atoms with Crippen LogP contribution in [0.4, 0.5) is 22.0 Å². The standard InChI is InChI=1S/C9H8F5NO2/c1-4-7(17-9(12,13)14)6(8(10)11)5(16-2)3-15-4/h3,8H,1-2H3. The largest absolute Gasteiger partial charge is 0.573 e. The Morgan fingerprint density at radius 3 is 2.29 bits per heavy atom. The van der Waals surface area contributed by atoms with Gasteiger partial charge in [0.2, 0.25) is 0 Å². The molecule has 0 spiro atoms. The molecular formula is C9H8F5NO2. The van der Waals surface area contributed by atoms with E-state index in [2.05, 4.69) is 14.5 Å². The summed E-state index contributed by atoms with van der Waals surface area (Å²) in [7, 11) is 1.05. The average Bonchev–Trinajstić information content (AvgIpc) is 2.18. The molecule has 0 radical (unpaired) electrons. The van der Waals surface area contributed by atoms with Crippen molar-refractivity contribution in [3.63, 3.8) is 0 Å². The van der Waals surface area contributed by atoms with E-state index in [1.54, 1.807) is 0 Å². The monoisotopic (exact) mass is 257 g/mol. The fourth-order valence-corrected chi connectivity index (χ4v) is 1.20. The van der Waals surface area contributed by atoms with Crippen molar-refractivity contribution >= 4 is 0 Å². The maximum Gasteiger partial charge on any atom is 0.573 e. The third kappa shape index (κ3) is 3.18. The SMILES string of the molecule is COc1cnc(C)c(OC(F)(F)F)c1C(F)F. The molecule has 3 nitrogen and oxygen atoms in total. The minimum absolute atomic E-state index is 0.293. The van der Waals surface area contributed by atoms with E-state index in [1.807, 2.05) is 0 Å². The summed E-state index contributed by atoms with van der Waals surface area (Å²) in [6.07, 6.45) is -7.31. The molecule has 0 saturated carbocycles. The third-order valence-corrected chi connectivity index (χ3v) is 1.87. The lowest BCUT2D eigenvalue weighted by atomic mass is 10.2. The molecular weight excluding hydrogens is 249 g/mol. The van der Waals surface area contributed by atoms with Crippen molar-refractivity contribution < 1.29 is 31.4 Å². The minimum Gasteiger partial charge on any atom is -0.494 e. The lowest BCUT2D eigenvalue weighted by molar-refractivity contribution is -0.275. The summed E-state index contributed by atoms with van der Waals surface area (Å²) in [5.74, 6) is -1.48. The highest BCUT2D eigenvalue weighted by Crippen LogP contribution is 2.40. The van der Waals surface area contributed by atoms with Gasteiger partial charge in [0.1, 0.15) is 11.3 Å². The molecule has 1 aromatic heterocycles. The van der Waals surface area contributed by atoms with Gasteiger partial charge in [0, 0.05) is 0 Å². The normalized spacial score (nSPS) is 11.8. The lowest BCUT2D eigenvalue weighted by Gasteiger charge is -2.16. The zero-order valence-electron chi connectivity index (χ0n) is 8.81. The van der Waals surface area contributed by atoms with Crippen LogP contribution in [-0.2, 0) is 0 Å². The smallest absolute Gasteiger partial charge is 0.494 e. The first-order valence-electron chi connectivity index (χ1n) is 4.33. The second-order valence-electron chi connectivity index (χ2n) is 3.00. The molecule has 0 unspecified atom stereocenters. The Bertz CT molecular complexity index is 405.